The molecule has 2 fully saturated rings. The number of ether oxygens (including phenoxy) is 1. The second kappa shape index (κ2) is 17.6. The van der Waals surface area contributed by atoms with Crippen LogP contribution in [0.4, 0.5) is 0 Å². The second-order valence-corrected chi connectivity index (χ2v) is 17.3. The molecule has 1 atom stereocenters. The summed E-state index contributed by atoms with van der Waals surface area (Å²) < 4.78 is 6.47. The van der Waals surface area contributed by atoms with E-state index in [-0.39, 0.29) is 16.9 Å². The third-order valence-electron chi connectivity index (χ3n) is 12.0. The molecule has 0 bridgehead atoms. The number of carbonyl (C=O) groups excluding carboxylic acids is 1. The molecule has 1 saturated carbocycles. The minimum Gasteiger partial charge on any atom is -0.489 e. The van der Waals surface area contributed by atoms with Gasteiger partial charge in [-0.05, 0) is 98.8 Å². The molecule has 5 nitrogen and oxygen atoms in total. The Hall–Kier alpha value is -2.86. The molecule has 0 radical (unpaired) electrons. The fourth-order valence-corrected chi connectivity index (χ4v) is 9.42. The number of carbonyl (C=O) groups is 1. The first-order chi connectivity index (χ1) is 23.8. The maximum Gasteiger partial charge on any atom is 0.151 e. The van der Waals surface area contributed by atoms with Gasteiger partial charge in [-0.2, -0.15) is 5.26 Å². The van der Waals surface area contributed by atoms with E-state index in [0.717, 1.165) is 62.1 Å². The van der Waals surface area contributed by atoms with Crippen molar-refractivity contribution in [3.05, 3.63) is 57.9 Å². The summed E-state index contributed by atoms with van der Waals surface area (Å²) in [6.45, 7) is 21.1. The standard InChI is InChI=1S/C44H62ClN3O2/c1-9-16-36(48-30-44(10-2,31-48)26-25-32(3)4)18-13-11-12-17-35-23-21-34(29-49)39(47-35)19-14-15-20-40-42(5,6)41(43(40,7)8)50-37-24-22-33(28-46)38(45)27-37/h21-24,27,29,32,36,40-41H,9-11,13-16,18-20,25-26,30-31H2,1-8H3. The number of hydrogen-bond acceptors (Lipinski definition) is 5. The number of aromatic nitrogens is 1. The van der Waals surface area contributed by atoms with E-state index in [1.165, 1.54) is 51.6 Å². The minimum atomic E-state index is -0.00898. The molecule has 6 heteroatoms. The van der Waals surface area contributed by atoms with Crippen LogP contribution in [0.3, 0.4) is 0 Å². The Balaban J connectivity index is 1.25. The van der Waals surface area contributed by atoms with Crippen LogP contribution in [0.5, 0.6) is 5.75 Å². The van der Waals surface area contributed by atoms with E-state index in [4.69, 9.17) is 21.3 Å². The predicted molar refractivity (Wildman–Crippen MR) is 207 cm³/mol. The largest absolute Gasteiger partial charge is 0.489 e. The van der Waals surface area contributed by atoms with Crippen LogP contribution < -0.4 is 4.74 Å². The Kier molecular flexibility index (Phi) is 14.0. The molecule has 0 spiro atoms. The van der Waals surface area contributed by atoms with Gasteiger partial charge in [0.1, 0.15) is 23.6 Å². The zero-order valence-electron chi connectivity index (χ0n) is 32.2. The summed E-state index contributed by atoms with van der Waals surface area (Å²) in [4.78, 5) is 19.4. The van der Waals surface area contributed by atoms with E-state index in [1.807, 2.05) is 18.2 Å². The van der Waals surface area contributed by atoms with Crippen LogP contribution in [0.1, 0.15) is 153 Å². The smallest absolute Gasteiger partial charge is 0.151 e. The van der Waals surface area contributed by atoms with Crippen molar-refractivity contribution >= 4 is 17.9 Å². The van der Waals surface area contributed by atoms with Gasteiger partial charge in [-0.3, -0.25) is 9.69 Å². The maximum atomic E-state index is 11.9. The number of unbranched alkanes of at least 4 members (excludes halogenated alkanes) is 2. The Labute approximate surface area is 308 Å². The highest BCUT2D eigenvalue weighted by Gasteiger charge is 2.62. The first-order valence-electron chi connectivity index (χ1n) is 19.3. The molecule has 4 rings (SSSR count). The van der Waals surface area contributed by atoms with E-state index in [0.29, 0.717) is 39.3 Å². The zero-order valence-corrected chi connectivity index (χ0v) is 33.0. The van der Waals surface area contributed by atoms with E-state index < -0.39 is 0 Å². The third kappa shape index (κ3) is 9.52. The normalized spacial score (nSPS) is 20.9. The van der Waals surface area contributed by atoms with Gasteiger partial charge in [-0.15, -0.1) is 0 Å². The lowest BCUT2D eigenvalue weighted by Gasteiger charge is -2.63. The Morgan fingerprint density at radius 1 is 1.04 bits per heavy atom. The van der Waals surface area contributed by atoms with Crippen LogP contribution in [0.15, 0.2) is 30.3 Å². The fourth-order valence-electron chi connectivity index (χ4n) is 9.21. The van der Waals surface area contributed by atoms with Gasteiger partial charge in [0, 0.05) is 48.0 Å². The lowest BCUT2D eigenvalue weighted by molar-refractivity contribution is -0.201. The van der Waals surface area contributed by atoms with Crippen molar-refractivity contribution in [1.82, 2.24) is 9.88 Å². The topological polar surface area (TPSA) is 66.2 Å². The molecule has 2 heterocycles. The number of likely N-dealkylation sites (tertiary alicyclic amines) is 1. The number of benzene rings is 1. The molecule has 1 aromatic heterocycles. The number of aldehydes is 1. The summed E-state index contributed by atoms with van der Waals surface area (Å²) in [6, 6.07) is 11.9. The van der Waals surface area contributed by atoms with Crippen molar-refractivity contribution in [2.75, 3.05) is 13.1 Å². The number of nitrogens with zero attached hydrogens (tertiary/aromatic N) is 3. The highest BCUT2D eigenvalue weighted by molar-refractivity contribution is 6.31. The van der Waals surface area contributed by atoms with Crippen molar-refractivity contribution in [2.24, 2.45) is 28.1 Å². The van der Waals surface area contributed by atoms with Gasteiger partial charge in [0.25, 0.3) is 0 Å². The Morgan fingerprint density at radius 2 is 1.78 bits per heavy atom. The minimum absolute atomic E-state index is 0.00898. The van der Waals surface area contributed by atoms with Gasteiger partial charge in [0.15, 0.2) is 6.29 Å². The monoisotopic (exact) mass is 699 g/mol. The highest BCUT2D eigenvalue weighted by atomic mass is 35.5. The molecular formula is C44H62ClN3O2. The van der Waals surface area contributed by atoms with Crippen LogP contribution >= 0.6 is 11.6 Å². The Morgan fingerprint density at radius 3 is 2.40 bits per heavy atom. The number of hydrogen-bond donors (Lipinski definition) is 0. The van der Waals surface area contributed by atoms with E-state index in [2.05, 4.69) is 78.2 Å². The summed E-state index contributed by atoms with van der Waals surface area (Å²) in [7, 11) is 0. The number of nitriles is 1. The zero-order chi connectivity index (χ0) is 36.5. The fraction of sp³-hybridized carbons (Fsp3) is 0.659. The lowest BCUT2D eigenvalue weighted by atomic mass is 9.44. The average molecular weight is 700 g/mol. The van der Waals surface area contributed by atoms with Gasteiger partial charge in [-0.1, -0.05) is 92.2 Å². The maximum absolute atomic E-state index is 11.9. The summed E-state index contributed by atoms with van der Waals surface area (Å²) in [5, 5.41) is 9.63. The van der Waals surface area contributed by atoms with Crippen LogP contribution in [-0.2, 0) is 6.42 Å². The van der Waals surface area contributed by atoms with Gasteiger partial charge in [0.05, 0.1) is 16.3 Å². The van der Waals surface area contributed by atoms with Crippen molar-refractivity contribution in [1.29, 1.82) is 5.26 Å². The molecule has 0 N–H and O–H groups in total. The van der Waals surface area contributed by atoms with Gasteiger partial charge >= 0.3 is 0 Å². The molecule has 2 aliphatic rings. The van der Waals surface area contributed by atoms with E-state index in [9.17, 15) is 10.1 Å². The Bertz CT molecular complexity index is 1520. The van der Waals surface area contributed by atoms with Crippen LogP contribution in [-0.4, -0.2) is 41.4 Å². The molecule has 0 amide bonds. The summed E-state index contributed by atoms with van der Waals surface area (Å²) in [5.41, 5.74) is 3.27. The van der Waals surface area contributed by atoms with Crippen molar-refractivity contribution < 1.29 is 9.53 Å². The molecular weight excluding hydrogens is 638 g/mol. The van der Waals surface area contributed by atoms with Gasteiger partial charge in [0.2, 0.25) is 0 Å². The van der Waals surface area contributed by atoms with E-state index in [1.54, 1.807) is 12.1 Å². The molecule has 1 aromatic carbocycles. The lowest BCUT2D eigenvalue weighted by Crippen LogP contribution is -2.65. The number of halogens is 1. The van der Waals surface area contributed by atoms with Crippen molar-refractivity contribution in [3.63, 3.8) is 0 Å². The second-order valence-electron chi connectivity index (χ2n) is 16.9. The number of pyridine rings is 1. The SMILES string of the molecule is CCCC(CCCC#Cc1ccc(C=O)c(CCCCC2C(C)(C)C(Oc3ccc(C#N)c(Cl)c3)C2(C)C)n1)N1CC(CC)(CCC(C)C)C1. The first-order valence-corrected chi connectivity index (χ1v) is 19.7. The number of aryl methyl sites for hydroxylation is 1. The summed E-state index contributed by atoms with van der Waals surface area (Å²) in [5.74, 6) is 8.67. The molecule has 50 heavy (non-hydrogen) atoms. The summed E-state index contributed by atoms with van der Waals surface area (Å²) >= 11 is 6.27. The highest BCUT2D eigenvalue weighted by Crippen LogP contribution is 2.62. The molecule has 1 saturated heterocycles. The van der Waals surface area contributed by atoms with E-state index >= 15 is 0 Å². The molecule has 272 valence electrons. The molecule has 1 unspecified atom stereocenters. The van der Waals surface area contributed by atoms with Crippen molar-refractivity contribution in [3.8, 4) is 23.7 Å². The van der Waals surface area contributed by atoms with Crippen molar-refractivity contribution in [2.45, 2.75) is 145 Å². The molecule has 2 aromatic rings. The predicted octanol–water partition coefficient (Wildman–Crippen LogP) is 11.1. The molecule has 1 aliphatic carbocycles. The van der Waals surface area contributed by atoms with Gasteiger partial charge in [-0.25, -0.2) is 4.98 Å². The first kappa shape index (κ1) is 39.9. The average Bonchev–Trinajstić information content (AvgIpc) is 3.06. The van der Waals surface area contributed by atoms with Crippen LogP contribution in [0, 0.1) is 51.3 Å². The van der Waals surface area contributed by atoms with Crippen LogP contribution in [0.25, 0.3) is 0 Å². The van der Waals surface area contributed by atoms with Crippen LogP contribution in [0.2, 0.25) is 5.02 Å². The number of rotatable bonds is 18. The molecule has 1 aliphatic heterocycles. The summed E-state index contributed by atoms with van der Waals surface area (Å²) in [6.07, 6.45) is 14.5. The quantitative estimate of drug-likeness (QED) is 0.0880. The van der Waals surface area contributed by atoms with Gasteiger partial charge < -0.3 is 4.74 Å². The third-order valence-corrected chi connectivity index (χ3v) is 12.3.